The number of anilines is 1. The summed E-state index contributed by atoms with van der Waals surface area (Å²) in [5.74, 6) is 0.801. The van der Waals surface area contributed by atoms with E-state index in [0.717, 1.165) is 22.6 Å². The highest BCUT2D eigenvalue weighted by atomic mass is 35.5. The maximum atomic E-state index is 10.0. The quantitative estimate of drug-likeness (QED) is 0.853. The molecule has 2 rings (SSSR count). The molecular weight excluding hydrogens is 286 g/mol. The molecule has 0 heterocycles. The van der Waals surface area contributed by atoms with Crippen molar-refractivity contribution in [2.75, 3.05) is 18.5 Å². The van der Waals surface area contributed by atoms with Crippen LogP contribution in [-0.2, 0) is 0 Å². The number of rotatable bonds is 6. The second-order valence-corrected chi connectivity index (χ2v) is 5.43. The number of hydrogen-bond acceptors (Lipinski definition) is 3. The minimum atomic E-state index is -0.594. The van der Waals surface area contributed by atoms with E-state index >= 15 is 0 Å². The van der Waals surface area contributed by atoms with Gasteiger partial charge in [0, 0.05) is 17.3 Å². The zero-order chi connectivity index (χ0) is 15.2. The number of aliphatic hydroxyl groups is 1. The van der Waals surface area contributed by atoms with Crippen LogP contribution in [0, 0.1) is 13.8 Å². The molecule has 2 N–H and O–H groups in total. The van der Waals surface area contributed by atoms with Gasteiger partial charge in [0.15, 0.2) is 0 Å². The number of aryl methyl sites for hydroxylation is 1. The molecule has 0 fully saturated rings. The highest BCUT2D eigenvalue weighted by Gasteiger charge is 2.08. The average molecular weight is 306 g/mol. The molecule has 0 saturated heterocycles. The van der Waals surface area contributed by atoms with Gasteiger partial charge in [0.05, 0.1) is 0 Å². The number of para-hydroxylation sites is 1. The smallest absolute Gasteiger partial charge is 0.122 e. The Morgan fingerprint density at radius 3 is 2.67 bits per heavy atom. The van der Waals surface area contributed by atoms with E-state index in [4.69, 9.17) is 16.3 Å². The fourth-order valence-electron chi connectivity index (χ4n) is 1.99. The van der Waals surface area contributed by atoms with Crippen LogP contribution in [0.2, 0.25) is 5.02 Å². The van der Waals surface area contributed by atoms with Crippen LogP contribution in [0.4, 0.5) is 5.69 Å². The SMILES string of the molecule is Cc1ccccc1OCC(O)CNc1cccc(Cl)c1C. The lowest BCUT2D eigenvalue weighted by Gasteiger charge is -2.16. The number of nitrogens with one attached hydrogen (secondary N) is 1. The van der Waals surface area contributed by atoms with Crippen LogP contribution in [0.1, 0.15) is 11.1 Å². The summed E-state index contributed by atoms with van der Waals surface area (Å²) in [6.45, 7) is 4.58. The zero-order valence-corrected chi connectivity index (χ0v) is 13.0. The Bertz CT molecular complexity index is 601. The summed E-state index contributed by atoms with van der Waals surface area (Å²) < 4.78 is 5.62. The van der Waals surface area contributed by atoms with Crippen LogP contribution >= 0.6 is 11.6 Å². The molecule has 0 aromatic heterocycles. The third-order valence-electron chi connectivity index (χ3n) is 3.32. The highest BCUT2D eigenvalue weighted by Crippen LogP contribution is 2.23. The summed E-state index contributed by atoms with van der Waals surface area (Å²) in [7, 11) is 0. The maximum Gasteiger partial charge on any atom is 0.122 e. The molecule has 3 nitrogen and oxygen atoms in total. The van der Waals surface area contributed by atoms with E-state index in [1.807, 2.05) is 56.3 Å². The molecular formula is C17H20ClNO2. The molecule has 2 aromatic carbocycles. The number of halogens is 1. The van der Waals surface area contributed by atoms with E-state index in [2.05, 4.69) is 5.32 Å². The lowest BCUT2D eigenvalue weighted by atomic mass is 10.2. The Balaban J connectivity index is 1.84. The molecule has 0 spiro atoms. The molecule has 0 radical (unpaired) electrons. The fraction of sp³-hybridized carbons (Fsp3) is 0.294. The Morgan fingerprint density at radius 2 is 1.90 bits per heavy atom. The summed E-state index contributed by atoms with van der Waals surface area (Å²) in [4.78, 5) is 0. The first-order valence-electron chi connectivity index (χ1n) is 6.93. The molecule has 0 aliphatic heterocycles. The lowest BCUT2D eigenvalue weighted by molar-refractivity contribution is 0.117. The molecule has 0 bridgehead atoms. The monoisotopic (exact) mass is 305 g/mol. The first-order valence-corrected chi connectivity index (χ1v) is 7.31. The third-order valence-corrected chi connectivity index (χ3v) is 3.73. The predicted molar refractivity (Wildman–Crippen MR) is 87.4 cm³/mol. The first kappa shape index (κ1) is 15.7. The van der Waals surface area contributed by atoms with Gasteiger partial charge in [0.25, 0.3) is 0 Å². The molecule has 0 amide bonds. The number of hydrogen-bond donors (Lipinski definition) is 2. The zero-order valence-electron chi connectivity index (χ0n) is 12.3. The van der Waals surface area contributed by atoms with Crippen molar-refractivity contribution in [1.82, 2.24) is 0 Å². The van der Waals surface area contributed by atoms with Crippen LogP contribution in [0.3, 0.4) is 0 Å². The van der Waals surface area contributed by atoms with Crippen molar-refractivity contribution >= 4 is 17.3 Å². The standard InChI is InChI=1S/C17H20ClNO2/c1-12-6-3-4-9-17(12)21-11-14(20)10-19-16-8-5-7-15(18)13(16)2/h3-9,14,19-20H,10-11H2,1-2H3. The Labute approximate surface area is 130 Å². The molecule has 0 saturated carbocycles. The van der Waals surface area contributed by atoms with Crippen LogP contribution in [0.15, 0.2) is 42.5 Å². The molecule has 2 aromatic rings. The van der Waals surface area contributed by atoms with E-state index in [1.54, 1.807) is 0 Å². The van der Waals surface area contributed by atoms with Gasteiger partial charge in [-0.2, -0.15) is 0 Å². The fourth-order valence-corrected chi connectivity index (χ4v) is 2.16. The molecule has 1 atom stereocenters. The van der Waals surface area contributed by atoms with Crippen molar-refractivity contribution < 1.29 is 9.84 Å². The van der Waals surface area contributed by atoms with Gasteiger partial charge >= 0.3 is 0 Å². The van der Waals surface area contributed by atoms with Gasteiger partial charge in [-0.05, 0) is 43.2 Å². The third kappa shape index (κ3) is 4.38. The molecule has 112 valence electrons. The molecule has 4 heteroatoms. The van der Waals surface area contributed by atoms with E-state index < -0.39 is 6.10 Å². The Hall–Kier alpha value is -1.71. The van der Waals surface area contributed by atoms with Crippen LogP contribution in [-0.4, -0.2) is 24.4 Å². The number of ether oxygens (including phenoxy) is 1. The Kier molecular flexibility index (Phi) is 5.48. The molecule has 0 aliphatic carbocycles. The highest BCUT2D eigenvalue weighted by molar-refractivity contribution is 6.31. The van der Waals surface area contributed by atoms with Crippen LogP contribution in [0.25, 0.3) is 0 Å². The second-order valence-electron chi connectivity index (χ2n) is 5.02. The van der Waals surface area contributed by atoms with Crippen LogP contribution < -0.4 is 10.1 Å². The van der Waals surface area contributed by atoms with Gasteiger partial charge in [-0.25, -0.2) is 0 Å². The first-order chi connectivity index (χ1) is 10.1. The molecule has 1 unspecified atom stereocenters. The number of aliphatic hydroxyl groups excluding tert-OH is 1. The predicted octanol–water partition coefficient (Wildman–Crippen LogP) is 3.81. The van der Waals surface area contributed by atoms with E-state index in [-0.39, 0.29) is 6.61 Å². The summed E-state index contributed by atoms with van der Waals surface area (Å²) in [6.07, 6.45) is -0.594. The minimum Gasteiger partial charge on any atom is -0.491 e. The van der Waals surface area contributed by atoms with Crippen molar-refractivity contribution in [1.29, 1.82) is 0 Å². The van der Waals surface area contributed by atoms with Gasteiger partial charge in [0.1, 0.15) is 18.5 Å². The number of benzene rings is 2. The normalized spacial score (nSPS) is 12.0. The van der Waals surface area contributed by atoms with Gasteiger partial charge in [-0.1, -0.05) is 35.9 Å². The van der Waals surface area contributed by atoms with Gasteiger partial charge in [-0.3, -0.25) is 0 Å². The molecule has 21 heavy (non-hydrogen) atoms. The van der Waals surface area contributed by atoms with Crippen molar-refractivity contribution in [3.05, 3.63) is 58.6 Å². The van der Waals surface area contributed by atoms with Crippen molar-refractivity contribution in [2.45, 2.75) is 20.0 Å². The van der Waals surface area contributed by atoms with Crippen LogP contribution in [0.5, 0.6) is 5.75 Å². The maximum absolute atomic E-state index is 10.0. The van der Waals surface area contributed by atoms with Gasteiger partial charge in [-0.15, -0.1) is 0 Å². The van der Waals surface area contributed by atoms with E-state index in [9.17, 15) is 5.11 Å². The summed E-state index contributed by atoms with van der Waals surface area (Å²) in [5, 5.41) is 13.9. The Morgan fingerprint density at radius 1 is 1.14 bits per heavy atom. The summed E-state index contributed by atoms with van der Waals surface area (Å²) in [5.41, 5.74) is 2.96. The van der Waals surface area contributed by atoms with E-state index in [0.29, 0.717) is 11.6 Å². The largest absolute Gasteiger partial charge is 0.491 e. The average Bonchev–Trinajstić information content (AvgIpc) is 2.48. The van der Waals surface area contributed by atoms with Gasteiger partial charge in [0.2, 0.25) is 0 Å². The lowest BCUT2D eigenvalue weighted by Crippen LogP contribution is -2.26. The summed E-state index contributed by atoms with van der Waals surface area (Å²) >= 11 is 6.06. The van der Waals surface area contributed by atoms with Crippen molar-refractivity contribution in [3.8, 4) is 5.75 Å². The molecule has 0 aliphatic rings. The second kappa shape index (κ2) is 7.34. The van der Waals surface area contributed by atoms with Crippen molar-refractivity contribution in [2.24, 2.45) is 0 Å². The minimum absolute atomic E-state index is 0.247. The summed E-state index contributed by atoms with van der Waals surface area (Å²) in [6, 6.07) is 13.4. The van der Waals surface area contributed by atoms with Crippen molar-refractivity contribution in [3.63, 3.8) is 0 Å². The van der Waals surface area contributed by atoms with E-state index in [1.165, 1.54) is 0 Å². The van der Waals surface area contributed by atoms with Gasteiger partial charge < -0.3 is 15.2 Å². The topological polar surface area (TPSA) is 41.5 Å².